The highest BCUT2D eigenvalue weighted by molar-refractivity contribution is 5.87. The fourth-order valence-corrected chi connectivity index (χ4v) is 5.67. The monoisotopic (exact) mass is 575 g/mol. The molecule has 0 atom stereocenters. The lowest BCUT2D eigenvalue weighted by Crippen LogP contribution is -2.47. The van der Waals surface area contributed by atoms with Gasteiger partial charge in [0.25, 0.3) is 5.56 Å². The van der Waals surface area contributed by atoms with Crippen molar-refractivity contribution in [2.45, 2.75) is 65.0 Å². The minimum atomic E-state index is -1.17. The highest BCUT2D eigenvalue weighted by Gasteiger charge is 2.29. The van der Waals surface area contributed by atoms with E-state index in [9.17, 15) is 19.5 Å². The van der Waals surface area contributed by atoms with Crippen LogP contribution < -0.4 is 26.9 Å². The summed E-state index contributed by atoms with van der Waals surface area (Å²) in [6.45, 7) is 9.03. The van der Waals surface area contributed by atoms with Gasteiger partial charge in [-0.25, -0.2) is 4.79 Å². The summed E-state index contributed by atoms with van der Waals surface area (Å²) in [6.07, 6.45) is 7.28. The van der Waals surface area contributed by atoms with Gasteiger partial charge in [0, 0.05) is 62.8 Å². The minimum Gasteiger partial charge on any atom is -0.477 e. The number of unbranched alkanes of at least 4 members (excludes halogenated alkanes) is 2. The van der Waals surface area contributed by atoms with Gasteiger partial charge in [0.2, 0.25) is 5.95 Å². The molecule has 3 heterocycles. The number of benzene rings is 1. The van der Waals surface area contributed by atoms with Gasteiger partial charge >= 0.3 is 5.97 Å². The second-order valence-corrected chi connectivity index (χ2v) is 11.4. The van der Waals surface area contributed by atoms with Crippen molar-refractivity contribution in [3.05, 3.63) is 73.8 Å². The quantitative estimate of drug-likeness (QED) is 0.276. The van der Waals surface area contributed by atoms with Crippen molar-refractivity contribution in [3.8, 4) is 0 Å². The Bertz CT molecular complexity index is 1550. The van der Waals surface area contributed by atoms with Crippen LogP contribution in [-0.2, 0) is 13.0 Å². The Morgan fingerprint density at radius 2 is 1.79 bits per heavy atom. The van der Waals surface area contributed by atoms with Crippen LogP contribution in [0, 0.1) is 6.92 Å². The molecular weight excluding hydrogens is 534 g/mol. The molecule has 224 valence electrons. The third-order valence-electron chi connectivity index (χ3n) is 8.32. The summed E-state index contributed by atoms with van der Waals surface area (Å²) in [6, 6.07) is 9.38. The van der Waals surface area contributed by atoms with Crippen LogP contribution in [0.25, 0.3) is 0 Å². The average Bonchev–Trinajstić information content (AvgIpc) is 3.81. The lowest BCUT2D eigenvalue weighted by atomic mass is 10.1. The Morgan fingerprint density at radius 3 is 2.45 bits per heavy atom. The fraction of sp³-hybridized carbons (Fsp3) is 0.484. The molecule has 0 amide bonds. The molecule has 1 saturated carbocycles. The normalized spacial score (nSPS) is 15.6. The summed E-state index contributed by atoms with van der Waals surface area (Å²) in [7, 11) is 0. The van der Waals surface area contributed by atoms with Crippen LogP contribution in [-0.4, -0.2) is 62.8 Å². The molecule has 2 aliphatic rings. The van der Waals surface area contributed by atoms with Gasteiger partial charge in [-0.15, -0.1) is 0 Å². The van der Waals surface area contributed by atoms with E-state index in [1.165, 1.54) is 34.0 Å². The Balaban J connectivity index is 1.08. The number of carboxylic acids is 1. The van der Waals surface area contributed by atoms with Gasteiger partial charge in [-0.2, -0.15) is 4.98 Å². The molecule has 0 unspecified atom stereocenters. The highest BCUT2D eigenvalue weighted by atomic mass is 16.4. The number of hydrogen-bond donors (Lipinski definition) is 3. The zero-order chi connectivity index (χ0) is 29.8. The third-order valence-corrected chi connectivity index (χ3v) is 8.32. The number of nitrogens with two attached hydrogens (primary N) is 1. The van der Waals surface area contributed by atoms with Crippen molar-refractivity contribution < 1.29 is 9.90 Å². The number of pyridine rings is 1. The summed E-state index contributed by atoms with van der Waals surface area (Å²) in [5.74, 6) is 0.317. The maximum Gasteiger partial charge on any atom is 0.341 e. The van der Waals surface area contributed by atoms with Crippen LogP contribution in [0.1, 0.15) is 66.6 Å². The molecule has 11 nitrogen and oxygen atoms in total. The van der Waals surface area contributed by atoms with Crippen molar-refractivity contribution in [1.82, 2.24) is 19.0 Å². The maximum atomic E-state index is 12.8. The van der Waals surface area contributed by atoms with Gasteiger partial charge in [-0.1, -0.05) is 19.4 Å². The van der Waals surface area contributed by atoms with Crippen molar-refractivity contribution in [2.75, 3.05) is 48.7 Å². The van der Waals surface area contributed by atoms with Crippen molar-refractivity contribution in [1.29, 1.82) is 0 Å². The first kappa shape index (κ1) is 29.4. The van der Waals surface area contributed by atoms with E-state index < -0.39 is 11.4 Å². The number of rotatable bonds is 12. The number of piperazine rings is 1. The van der Waals surface area contributed by atoms with Crippen molar-refractivity contribution in [3.63, 3.8) is 0 Å². The molecule has 3 aromatic rings. The van der Waals surface area contributed by atoms with E-state index in [-0.39, 0.29) is 23.1 Å². The molecule has 1 saturated heterocycles. The summed E-state index contributed by atoms with van der Waals surface area (Å²) in [5, 5.41) is 12.6. The first-order valence-electron chi connectivity index (χ1n) is 14.9. The number of nitrogens with one attached hydrogen (secondary N) is 1. The van der Waals surface area contributed by atoms with E-state index in [1.807, 2.05) is 10.6 Å². The second kappa shape index (κ2) is 12.8. The Hall–Kier alpha value is -4.12. The van der Waals surface area contributed by atoms with Crippen molar-refractivity contribution >= 4 is 29.2 Å². The first-order valence-corrected chi connectivity index (χ1v) is 14.9. The molecular formula is C31H41N7O4. The molecule has 0 spiro atoms. The lowest BCUT2D eigenvalue weighted by Gasteiger charge is -2.37. The van der Waals surface area contributed by atoms with Gasteiger partial charge in [0.15, 0.2) is 5.43 Å². The summed E-state index contributed by atoms with van der Waals surface area (Å²) in [4.78, 5) is 45.6. The maximum absolute atomic E-state index is 12.8. The molecule has 1 aliphatic heterocycles. The summed E-state index contributed by atoms with van der Waals surface area (Å²) >= 11 is 0. The number of carbonyl (C=O) groups is 1. The molecule has 5 rings (SSSR count). The van der Waals surface area contributed by atoms with Crippen LogP contribution >= 0.6 is 0 Å². The van der Waals surface area contributed by atoms with E-state index in [4.69, 9.17) is 5.73 Å². The third kappa shape index (κ3) is 6.84. The largest absolute Gasteiger partial charge is 0.477 e. The summed E-state index contributed by atoms with van der Waals surface area (Å²) < 4.78 is 3.52. The van der Waals surface area contributed by atoms with E-state index in [0.29, 0.717) is 12.4 Å². The number of hydrogen-bond acceptors (Lipinski definition) is 8. The topological polar surface area (TPSA) is 139 Å². The van der Waals surface area contributed by atoms with Crippen LogP contribution in [0.4, 0.5) is 23.3 Å². The lowest BCUT2D eigenvalue weighted by molar-refractivity contribution is 0.0694. The van der Waals surface area contributed by atoms with E-state index >= 15 is 0 Å². The van der Waals surface area contributed by atoms with E-state index in [0.717, 1.165) is 82.8 Å². The molecule has 4 N–H and O–H groups in total. The van der Waals surface area contributed by atoms with Gasteiger partial charge in [-0.05, 0) is 68.8 Å². The van der Waals surface area contributed by atoms with E-state index in [1.54, 1.807) is 0 Å². The van der Waals surface area contributed by atoms with Gasteiger partial charge in [0.05, 0.1) is 0 Å². The predicted octanol–water partition coefficient (Wildman–Crippen LogP) is 3.63. The molecule has 11 heteroatoms. The molecule has 0 bridgehead atoms. The number of nitrogen functional groups attached to an aromatic ring is 1. The Morgan fingerprint density at radius 1 is 1.05 bits per heavy atom. The Kier molecular flexibility index (Phi) is 8.96. The number of aromatic carboxylic acids is 1. The van der Waals surface area contributed by atoms with Crippen molar-refractivity contribution in [2.24, 2.45) is 0 Å². The smallest absolute Gasteiger partial charge is 0.341 e. The minimum absolute atomic E-state index is 0.162. The van der Waals surface area contributed by atoms with Gasteiger partial charge < -0.3 is 25.6 Å². The van der Waals surface area contributed by atoms with Crippen LogP contribution in [0.2, 0.25) is 0 Å². The first-order chi connectivity index (χ1) is 20.2. The molecule has 0 radical (unpaired) electrons. The zero-order valence-corrected chi connectivity index (χ0v) is 24.5. The Labute approximate surface area is 245 Å². The number of carboxylic acid groups (broad SMARTS) is 1. The summed E-state index contributed by atoms with van der Waals surface area (Å²) in [5.41, 5.74) is 8.77. The SMILES string of the molecule is CCc1cc(Nc2cc(=O)n(CCCCCN3CCN(c4cc(=O)c(C(=O)O)cn4C4CC4)CC3)c(N)n2)ccc1C. The number of anilines is 4. The van der Waals surface area contributed by atoms with Gasteiger partial charge in [-0.3, -0.25) is 19.1 Å². The molecule has 2 aromatic heterocycles. The number of aryl methyl sites for hydroxylation is 2. The van der Waals surface area contributed by atoms with Crippen LogP contribution in [0.5, 0.6) is 0 Å². The zero-order valence-electron chi connectivity index (χ0n) is 24.5. The van der Waals surface area contributed by atoms with E-state index in [2.05, 4.69) is 46.1 Å². The average molecular weight is 576 g/mol. The second-order valence-electron chi connectivity index (χ2n) is 11.4. The highest BCUT2D eigenvalue weighted by Crippen LogP contribution is 2.38. The van der Waals surface area contributed by atoms with Crippen LogP contribution in [0.15, 0.2) is 46.1 Å². The number of nitrogens with zero attached hydrogens (tertiary/aromatic N) is 5. The fourth-order valence-electron chi connectivity index (χ4n) is 5.67. The number of aromatic nitrogens is 3. The molecule has 42 heavy (non-hydrogen) atoms. The molecule has 1 aromatic carbocycles. The molecule has 2 fully saturated rings. The molecule has 1 aliphatic carbocycles. The predicted molar refractivity (Wildman–Crippen MR) is 165 cm³/mol. The standard InChI is InChI=1S/C31H41N7O4/c1-3-22-17-23(8-7-21(22)2)33-27-19-29(40)37(31(32)34-27)12-6-4-5-11-35-13-15-36(16-14-35)28-18-26(39)25(30(41)42)20-38(28)24-9-10-24/h7-8,17-20,24,33H,3-6,9-16H2,1-2H3,(H2,32,34)(H,41,42). The van der Waals surface area contributed by atoms with Gasteiger partial charge in [0.1, 0.15) is 17.2 Å². The van der Waals surface area contributed by atoms with Crippen LogP contribution in [0.3, 0.4) is 0 Å².